The largest absolute Gasteiger partial charge is 0.496 e. The Labute approximate surface area is 280 Å². The minimum atomic E-state index is -2.11. The summed E-state index contributed by atoms with van der Waals surface area (Å²) in [5.74, 6) is -5.70. The van der Waals surface area contributed by atoms with Crippen molar-refractivity contribution in [3.05, 3.63) is 24.3 Å². The van der Waals surface area contributed by atoms with Gasteiger partial charge < -0.3 is 33.2 Å². The number of esters is 5. The van der Waals surface area contributed by atoms with Crippen molar-refractivity contribution in [2.75, 3.05) is 27.1 Å². The summed E-state index contributed by atoms with van der Waals surface area (Å²) in [7, 11) is 2.52. The fraction of sp³-hybridized carbons (Fsp3) is 0.567. The van der Waals surface area contributed by atoms with Gasteiger partial charge >= 0.3 is 29.8 Å². The SMILES string of the molecule is COC(=O)C1(SC)O[C@@H]([C@@H](OC(C)=O)[C@@H](COC(C)=O)OC(C)=O)[C@H](N(C(C)=O)C(C)=O)[C@@H](OC(C)=O)[C@@H]1Sc1ccccc1OC. The average molecular weight is 702 g/mol. The van der Waals surface area contributed by atoms with E-state index in [2.05, 4.69) is 0 Å². The zero-order valence-electron chi connectivity index (χ0n) is 27.5. The quantitative estimate of drug-likeness (QED) is 0.214. The molecule has 1 heterocycles. The molecule has 1 saturated heterocycles. The molecule has 1 fully saturated rings. The standard InChI is InChI=1S/C30H39NO14S2/c1-15(32)31(16(2)33)24-26(25(43-19(5)36)22(42-18(4)35)14-41-17(3)34)45-30(46-9,29(38)40-8)28(27(24)44-20(6)37)47-23-13-11-10-12-21(23)39-7/h10-13,22,24-28H,14H2,1-9H3/t22-,24+,25+,26-,27-,28+,30?/m1/s1. The predicted molar refractivity (Wildman–Crippen MR) is 166 cm³/mol. The average Bonchev–Trinajstić information content (AvgIpc) is 2.98. The lowest BCUT2D eigenvalue weighted by Gasteiger charge is -2.54. The summed E-state index contributed by atoms with van der Waals surface area (Å²) in [6, 6.07) is 5.11. The van der Waals surface area contributed by atoms with Crippen molar-refractivity contribution in [3.63, 3.8) is 0 Å². The van der Waals surface area contributed by atoms with E-state index in [0.29, 0.717) is 10.6 Å². The molecule has 0 aromatic heterocycles. The van der Waals surface area contributed by atoms with Gasteiger partial charge in [0, 0.05) is 46.4 Å². The number of hydrogen-bond acceptors (Lipinski definition) is 16. The molecule has 1 aliphatic rings. The third-order valence-electron chi connectivity index (χ3n) is 6.79. The maximum absolute atomic E-state index is 13.8. The van der Waals surface area contributed by atoms with Crippen molar-refractivity contribution in [1.82, 2.24) is 4.90 Å². The Balaban J connectivity index is 3.07. The second kappa shape index (κ2) is 17.4. The summed E-state index contributed by atoms with van der Waals surface area (Å²) >= 11 is 1.83. The molecule has 260 valence electrons. The third kappa shape index (κ3) is 9.60. The lowest BCUT2D eigenvalue weighted by atomic mass is 9.87. The number of amides is 2. The zero-order chi connectivity index (χ0) is 35.6. The van der Waals surface area contributed by atoms with E-state index >= 15 is 0 Å². The molecule has 17 heteroatoms. The molecule has 0 aliphatic carbocycles. The van der Waals surface area contributed by atoms with E-state index in [1.54, 1.807) is 24.3 Å². The number of methoxy groups -OCH3 is 2. The van der Waals surface area contributed by atoms with Gasteiger partial charge in [0.05, 0.1) is 19.5 Å². The summed E-state index contributed by atoms with van der Waals surface area (Å²) in [6.45, 7) is 5.74. The highest BCUT2D eigenvalue weighted by Crippen LogP contribution is 2.51. The van der Waals surface area contributed by atoms with Gasteiger partial charge in [-0.1, -0.05) is 12.1 Å². The van der Waals surface area contributed by atoms with Crippen LogP contribution >= 0.6 is 23.5 Å². The van der Waals surface area contributed by atoms with Crippen molar-refractivity contribution in [2.24, 2.45) is 0 Å². The first kappa shape index (κ1) is 39.3. The van der Waals surface area contributed by atoms with Gasteiger partial charge in [0.25, 0.3) is 0 Å². The molecular formula is C30H39NO14S2. The Morgan fingerprint density at radius 1 is 0.872 bits per heavy atom. The number of thioether (sulfide) groups is 2. The van der Waals surface area contributed by atoms with Crippen LogP contribution in [0.25, 0.3) is 0 Å². The number of rotatable bonds is 13. The molecule has 15 nitrogen and oxygen atoms in total. The van der Waals surface area contributed by atoms with Crippen LogP contribution < -0.4 is 4.74 Å². The first-order valence-corrected chi connectivity index (χ1v) is 16.2. The Bertz CT molecular complexity index is 1340. The van der Waals surface area contributed by atoms with E-state index in [1.807, 2.05) is 0 Å². The number of benzene rings is 1. The van der Waals surface area contributed by atoms with Gasteiger partial charge in [0.1, 0.15) is 30.6 Å². The summed E-state index contributed by atoms with van der Waals surface area (Å²) < 4.78 is 39.2. The van der Waals surface area contributed by atoms with Crippen LogP contribution in [0, 0.1) is 0 Å². The van der Waals surface area contributed by atoms with Gasteiger partial charge in [-0.05, 0) is 18.4 Å². The van der Waals surface area contributed by atoms with Crippen LogP contribution in [0.15, 0.2) is 29.2 Å². The zero-order valence-corrected chi connectivity index (χ0v) is 29.1. The highest BCUT2D eigenvalue weighted by atomic mass is 32.2. The molecule has 0 N–H and O–H groups in total. The first-order chi connectivity index (χ1) is 22.0. The van der Waals surface area contributed by atoms with E-state index in [0.717, 1.165) is 77.1 Å². The molecule has 0 radical (unpaired) electrons. The fourth-order valence-electron chi connectivity index (χ4n) is 5.15. The molecule has 1 aromatic rings. The second-order valence-electron chi connectivity index (χ2n) is 10.1. The van der Waals surface area contributed by atoms with Gasteiger partial charge in [-0.25, -0.2) is 4.79 Å². The van der Waals surface area contributed by atoms with Gasteiger partial charge in [0.15, 0.2) is 12.2 Å². The predicted octanol–water partition coefficient (Wildman–Crippen LogP) is 1.91. The van der Waals surface area contributed by atoms with Crippen LogP contribution in [-0.2, 0) is 62.0 Å². The number of hydrogen-bond donors (Lipinski definition) is 0. The van der Waals surface area contributed by atoms with Crippen LogP contribution in [0.5, 0.6) is 5.75 Å². The number of carbonyl (C=O) groups excluding carboxylic acids is 7. The number of nitrogens with zero attached hydrogens (tertiary/aromatic N) is 1. The van der Waals surface area contributed by atoms with Crippen molar-refractivity contribution >= 4 is 65.2 Å². The normalized spacial score (nSPS) is 23.3. The minimum absolute atomic E-state index is 0.377. The minimum Gasteiger partial charge on any atom is -0.496 e. The first-order valence-electron chi connectivity index (χ1n) is 14.1. The second-order valence-corrected chi connectivity index (χ2v) is 12.3. The van der Waals surface area contributed by atoms with Crippen molar-refractivity contribution in [1.29, 1.82) is 0 Å². The molecule has 47 heavy (non-hydrogen) atoms. The summed E-state index contributed by atoms with van der Waals surface area (Å²) in [5, 5.41) is -1.27. The van der Waals surface area contributed by atoms with Crippen LogP contribution in [0.3, 0.4) is 0 Å². The molecule has 2 rings (SSSR count). The molecule has 1 aliphatic heterocycles. The molecule has 1 aromatic carbocycles. The molecule has 0 spiro atoms. The van der Waals surface area contributed by atoms with Gasteiger partial charge in [-0.2, -0.15) is 0 Å². The van der Waals surface area contributed by atoms with E-state index in [1.165, 1.54) is 13.4 Å². The smallest absolute Gasteiger partial charge is 0.350 e. The van der Waals surface area contributed by atoms with Crippen molar-refractivity contribution < 1.29 is 66.7 Å². The summed E-state index contributed by atoms with van der Waals surface area (Å²) in [4.78, 5) is 88.6. The van der Waals surface area contributed by atoms with E-state index in [4.69, 9.17) is 33.2 Å². The van der Waals surface area contributed by atoms with E-state index < -0.39 is 88.9 Å². The maximum atomic E-state index is 13.8. The van der Waals surface area contributed by atoms with E-state index in [-0.39, 0.29) is 0 Å². The molecule has 7 atom stereocenters. The van der Waals surface area contributed by atoms with Crippen molar-refractivity contribution in [2.45, 2.75) is 87.1 Å². The summed E-state index contributed by atoms with van der Waals surface area (Å²) in [5.41, 5.74) is 0. The number of carbonyl (C=O) groups is 7. The van der Waals surface area contributed by atoms with Crippen LogP contribution in [-0.4, -0.2) is 114 Å². The Morgan fingerprint density at radius 3 is 1.94 bits per heavy atom. The summed E-state index contributed by atoms with van der Waals surface area (Å²) in [6.07, 6.45) is -5.16. The van der Waals surface area contributed by atoms with Crippen LogP contribution in [0.1, 0.15) is 41.5 Å². The Kier molecular flexibility index (Phi) is 14.5. The Morgan fingerprint density at radius 2 is 1.47 bits per heavy atom. The highest BCUT2D eigenvalue weighted by molar-refractivity contribution is 8.04. The van der Waals surface area contributed by atoms with E-state index in [9.17, 15) is 33.6 Å². The molecular weight excluding hydrogens is 662 g/mol. The number of ether oxygens (including phenoxy) is 7. The third-order valence-corrected chi connectivity index (χ3v) is 9.51. The number of para-hydroxylation sites is 1. The van der Waals surface area contributed by atoms with Crippen LogP contribution in [0.2, 0.25) is 0 Å². The monoisotopic (exact) mass is 701 g/mol. The molecule has 2 amide bonds. The lowest BCUT2D eigenvalue weighted by molar-refractivity contribution is -0.231. The number of imide groups is 1. The molecule has 1 unspecified atom stereocenters. The maximum Gasteiger partial charge on any atom is 0.350 e. The topological polar surface area (TPSA) is 187 Å². The van der Waals surface area contributed by atoms with Gasteiger partial charge in [0.2, 0.25) is 16.7 Å². The molecule has 0 bridgehead atoms. The van der Waals surface area contributed by atoms with Gasteiger partial charge in [-0.3, -0.25) is 33.7 Å². The Hall–Kier alpha value is -3.83. The van der Waals surface area contributed by atoms with Crippen LogP contribution in [0.4, 0.5) is 0 Å². The van der Waals surface area contributed by atoms with Crippen molar-refractivity contribution in [3.8, 4) is 5.75 Å². The fourth-order valence-corrected chi connectivity index (χ4v) is 7.76. The van der Waals surface area contributed by atoms with Gasteiger partial charge in [-0.15, -0.1) is 23.5 Å². The lowest BCUT2D eigenvalue weighted by Crippen LogP contribution is -2.73. The molecule has 0 saturated carbocycles. The highest BCUT2D eigenvalue weighted by Gasteiger charge is 2.66.